The number of hydrogen-bond donors (Lipinski definition) is 0. The van der Waals surface area contributed by atoms with E-state index in [9.17, 15) is 8.42 Å². The molecule has 1 saturated carbocycles. The molecule has 2 rings (SSSR count). The maximum absolute atomic E-state index is 11.3. The van der Waals surface area contributed by atoms with Gasteiger partial charge in [-0.05, 0) is 19.8 Å². The fourth-order valence-corrected chi connectivity index (χ4v) is 3.16. The first-order valence-electron chi connectivity index (χ1n) is 4.65. The Kier molecular flexibility index (Phi) is 2.31. The molecule has 84 valence electrons. The van der Waals surface area contributed by atoms with Crippen molar-refractivity contribution in [3.8, 4) is 0 Å². The third-order valence-corrected chi connectivity index (χ3v) is 5.33. The molecule has 1 aromatic rings. The molecule has 0 amide bonds. The lowest BCUT2D eigenvalue weighted by Crippen LogP contribution is -2.23. The van der Waals surface area contributed by atoms with E-state index in [4.69, 9.17) is 10.7 Å². The molecule has 15 heavy (non-hydrogen) atoms. The fraction of sp³-hybridized carbons (Fsp3) is 0.750. The van der Waals surface area contributed by atoms with Crippen molar-refractivity contribution in [1.29, 1.82) is 0 Å². The Morgan fingerprint density at radius 2 is 2.13 bits per heavy atom. The van der Waals surface area contributed by atoms with Crippen LogP contribution in [0, 0.1) is 6.92 Å². The first-order valence-corrected chi connectivity index (χ1v) is 6.96. The molecule has 0 radical (unpaired) electrons. The summed E-state index contributed by atoms with van der Waals surface area (Å²) < 4.78 is 23.5. The molecule has 0 aliphatic heterocycles. The topological polar surface area (TPSA) is 64.8 Å². The summed E-state index contributed by atoms with van der Waals surface area (Å²) in [5, 5.41) is 4.07. The smallest absolute Gasteiger partial charge is 0.238 e. The fourth-order valence-electron chi connectivity index (χ4n) is 1.64. The van der Waals surface area contributed by atoms with E-state index in [0.717, 1.165) is 0 Å². The second-order valence-corrected chi connectivity index (χ2v) is 6.96. The van der Waals surface area contributed by atoms with E-state index in [1.54, 1.807) is 18.7 Å². The third kappa shape index (κ3) is 1.88. The minimum Gasteiger partial charge on any atom is -0.253 e. The third-order valence-electron chi connectivity index (χ3n) is 2.76. The van der Waals surface area contributed by atoms with Gasteiger partial charge in [-0.25, -0.2) is 13.4 Å². The Morgan fingerprint density at radius 3 is 2.47 bits per heavy atom. The van der Waals surface area contributed by atoms with Crippen LogP contribution in [-0.2, 0) is 22.5 Å². The average molecular weight is 250 g/mol. The Bertz CT molecular complexity index is 490. The molecule has 0 spiro atoms. The van der Waals surface area contributed by atoms with Gasteiger partial charge < -0.3 is 0 Å². The summed E-state index contributed by atoms with van der Waals surface area (Å²) in [4.78, 5) is 4.18. The van der Waals surface area contributed by atoms with E-state index in [2.05, 4.69) is 10.1 Å². The van der Waals surface area contributed by atoms with E-state index in [0.29, 0.717) is 30.9 Å². The van der Waals surface area contributed by atoms with Gasteiger partial charge in [-0.2, -0.15) is 5.10 Å². The normalized spacial score (nSPS) is 19.1. The summed E-state index contributed by atoms with van der Waals surface area (Å²) in [5.74, 6) is 1.32. The number of rotatable bonds is 3. The zero-order valence-corrected chi connectivity index (χ0v) is 10.1. The monoisotopic (exact) mass is 249 g/mol. The van der Waals surface area contributed by atoms with Crippen LogP contribution in [0.1, 0.15) is 24.5 Å². The van der Waals surface area contributed by atoms with Crippen LogP contribution in [0.5, 0.6) is 0 Å². The quantitative estimate of drug-likeness (QED) is 0.743. The van der Waals surface area contributed by atoms with Gasteiger partial charge in [0.1, 0.15) is 11.6 Å². The molecule has 0 N–H and O–H groups in total. The number of nitrogens with zero attached hydrogens (tertiary/aromatic N) is 3. The molecule has 1 aliphatic carbocycles. The van der Waals surface area contributed by atoms with Crippen molar-refractivity contribution in [1.82, 2.24) is 14.8 Å². The van der Waals surface area contributed by atoms with Gasteiger partial charge in [-0.1, -0.05) is 0 Å². The van der Waals surface area contributed by atoms with Crippen LogP contribution in [-0.4, -0.2) is 27.9 Å². The summed E-state index contributed by atoms with van der Waals surface area (Å²) in [7, 11) is 3.66. The van der Waals surface area contributed by atoms with Crippen LogP contribution in [0.25, 0.3) is 0 Å². The van der Waals surface area contributed by atoms with E-state index in [1.165, 1.54) is 0 Å². The highest BCUT2D eigenvalue weighted by molar-refractivity contribution is 8.15. The standard InChI is InChI=1S/C8H12ClN3O2S/c1-6-10-7(12(2)11-6)5-8(3-4-8)15(9,13)14/h3-5H2,1-2H3. The van der Waals surface area contributed by atoms with Crippen molar-refractivity contribution in [2.24, 2.45) is 7.05 Å². The van der Waals surface area contributed by atoms with E-state index < -0.39 is 13.8 Å². The maximum atomic E-state index is 11.3. The summed E-state index contributed by atoms with van der Waals surface area (Å²) in [5.41, 5.74) is 0. The van der Waals surface area contributed by atoms with E-state index in [1.807, 2.05) is 0 Å². The van der Waals surface area contributed by atoms with Crippen LogP contribution in [0.2, 0.25) is 0 Å². The molecule has 7 heteroatoms. The lowest BCUT2D eigenvalue weighted by Gasteiger charge is -2.09. The second-order valence-electron chi connectivity index (χ2n) is 4.00. The predicted molar refractivity (Wildman–Crippen MR) is 56.2 cm³/mol. The minimum absolute atomic E-state index is 0.357. The van der Waals surface area contributed by atoms with Crippen molar-refractivity contribution in [3.63, 3.8) is 0 Å². The molecule has 5 nitrogen and oxygen atoms in total. The zero-order valence-electron chi connectivity index (χ0n) is 8.57. The lowest BCUT2D eigenvalue weighted by molar-refractivity contribution is 0.582. The number of halogens is 1. The largest absolute Gasteiger partial charge is 0.253 e. The van der Waals surface area contributed by atoms with Gasteiger partial charge in [-0.3, -0.25) is 4.68 Å². The first kappa shape index (κ1) is 10.9. The Labute approximate surface area is 92.9 Å². The number of hydrogen-bond acceptors (Lipinski definition) is 4. The van der Waals surface area contributed by atoms with Gasteiger partial charge in [0.15, 0.2) is 0 Å². The van der Waals surface area contributed by atoms with Crippen molar-refractivity contribution in [2.75, 3.05) is 0 Å². The summed E-state index contributed by atoms with van der Waals surface area (Å²) in [6, 6.07) is 0. The number of aromatic nitrogens is 3. The van der Waals surface area contributed by atoms with Crippen molar-refractivity contribution in [2.45, 2.75) is 30.9 Å². The van der Waals surface area contributed by atoms with Crippen molar-refractivity contribution >= 4 is 19.7 Å². The molecule has 1 fully saturated rings. The van der Waals surface area contributed by atoms with Gasteiger partial charge in [-0.15, -0.1) is 0 Å². The van der Waals surface area contributed by atoms with Gasteiger partial charge in [0.2, 0.25) is 9.05 Å². The maximum Gasteiger partial charge on any atom is 0.238 e. The molecule has 1 aromatic heterocycles. The van der Waals surface area contributed by atoms with Gasteiger partial charge in [0, 0.05) is 24.2 Å². The van der Waals surface area contributed by atoms with Crippen LogP contribution >= 0.6 is 10.7 Å². The average Bonchev–Trinajstić information content (AvgIpc) is 2.76. The molecule has 0 saturated heterocycles. The highest BCUT2D eigenvalue weighted by Crippen LogP contribution is 2.47. The number of aryl methyl sites for hydroxylation is 2. The molecular weight excluding hydrogens is 238 g/mol. The molecule has 0 aromatic carbocycles. The van der Waals surface area contributed by atoms with Crippen LogP contribution in [0.15, 0.2) is 0 Å². The highest BCUT2D eigenvalue weighted by Gasteiger charge is 2.54. The predicted octanol–water partition coefficient (Wildman–Crippen LogP) is 0.767. The van der Waals surface area contributed by atoms with Crippen molar-refractivity contribution in [3.05, 3.63) is 11.6 Å². The molecule has 1 heterocycles. The van der Waals surface area contributed by atoms with E-state index >= 15 is 0 Å². The molecule has 0 unspecified atom stereocenters. The van der Waals surface area contributed by atoms with Crippen LogP contribution in [0.4, 0.5) is 0 Å². The highest BCUT2D eigenvalue weighted by atomic mass is 35.7. The minimum atomic E-state index is -3.51. The Hall–Kier alpha value is -0.620. The Morgan fingerprint density at radius 1 is 1.53 bits per heavy atom. The van der Waals surface area contributed by atoms with Crippen LogP contribution in [0.3, 0.4) is 0 Å². The molecule has 0 atom stereocenters. The van der Waals surface area contributed by atoms with Crippen molar-refractivity contribution < 1.29 is 8.42 Å². The second kappa shape index (κ2) is 3.18. The molecule has 1 aliphatic rings. The van der Waals surface area contributed by atoms with Gasteiger partial charge in [0.05, 0.1) is 4.75 Å². The zero-order chi connectivity index (χ0) is 11.3. The molecular formula is C8H12ClN3O2S. The SMILES string of the molecule is Cc1nc(CC2(S(=O)(=O)Cl)CC2)n(C)n1. The van der Waals surface area contributed by atoms with E-state index in [-0.39, 0.29) is 0 Å². The lowest BCUT2D eigenvalue weighted by atomic mass is 10.3. The van der Waals surface area contributed by atoms with Crippen LogP contribution < -0.4 is 0 Å². The summed E-state index contributed by atoms with van der Waals surface area (Å²) >= 11 is 0. The van der Waals surface area contributed by atoms with Gasteiger partial charge >= 0.3 is 0 Å². The first-order chi connectivity index (χ1) is 6.84. The molecule has 0 bridgehead atoms. The van der Waals surface area contributed by atoms with Gasteiger partial charge in [0.25, 0.3) is 0 Å². The Balaban J connectivity index is 2.27. The summed E-state index contributed by atoms with van der Waals surface area (Å²) in [6.07, 6.45) is 1.59. The summed E-state index contributed by atoms with van der Waals surface area (Å²) in [6.45, 7) is 1.78.